The van der Waals surface area contributed by atoms with Crippen molar-refractivity contribution in [1.29, 1.82) is 0 Å². The molecule has 0 amide bonds. The van der Waals surface area contributed by atoms with Crippen molar-refractivity contribution < 1.29 is 20.0 Å². The number of aliphatic hydroxyl groups excluding tert-OH is 1. The van der Waals surface area contributed by atoms with Crippen LogP contribution < -0.4 is 0 Å². The maximum absolute atomic E-state index is 12.2. The van der Waals surface area contributed by atoms with Gasteiger partial charge in [0, 0.05) is 5.56 Å². The van der Waals surface area contributed by atoms with Gasteiger partial charge in [-0.1, -0.05) is 48.5 Å². The minimum atomic E-state index is -0.162. The average Bonchev–Trinajstić information content (AvgIpc) is 2.58. The summed E-state index contributed by atoms with van der Waals surface area (Å²) in [6, 6.07) is 14.7. The fraction of sp³-hybridized carbons (Fsp3) is 0.167. The van der Waals surface area contributed by atoms with Crippen LogP contribution in [0.4, 0.5) is 0 Å². The molecule has 0 aliphatic heterocycles. The first kappa shape index (κ1) is 16.1. The van der Waals surface area contributed by atoms with Gasteiger partial charge in [-0.3, -0.25) is 10.1 Å². The number of carbonyl (C=O) groups excluding carboxylic acids is 1. The first-order valence-electron chi connectivity index (χ1n) is 7.01. The Labute approximate surface area is 129 Å². The summed E-state index contributed by atoms with van der Waals surface area (Å²) in [5, 5.41) is 17.8. The molecule has 4 heteroatoms. The quantitative estimate of drug-likeness (QED) is 0.357. The number of carbonyl (C=O) groups is 1. The summed E-state index contributed by atoms with van der Waals surface area (Å²) in [6.45, 7) is -0.0154. The maximum Gasteiger partial charge on any atom is 0.185 e. The Morgan fingerprint density at radius 3 is 2.55 bits per heavy atom. The van der Waals surface area contributed by atoms with Crippen LogP contribution >= 0.6 is 0 Å². The lowest BCUT2D eigenvalue weighted by Crippen LogP contribution is -2.03. The summed E-state index contributed by atoms with van der Waals surface area (Å²) in [6.07, 6.45) is 3.75. The van der Waals surface area contributed by atoms with Crippen molar-refractivity contribution in [3.63, 3.8) is 0 Å². The molecule has 114 valence electrons. The molecule has 0 fully saturated rings. The molecule has 2 aromatic carbocycles. The number of rotatable bonds is 7. The maximum atomic E-state index is 12.2. The Balaban J connectivity index is 2.14. The number of benzene rings is 2. The second-order valence-corrected chi connectivity index (χ2v) is 4.83. The van der Waals surface area contributed by atoms with Crippen molar-refractivity contribution in [2.45, 2.75) is 13.0 Å². The third kappa shape index (κ3) is 4.36. The molecule has 2 N–H and O–H groups in total. The normalized spacial score (nSPS) is 11.0. The molecule has 0 aliphatic rings. The fourth-order valence-electron chi connectivity index (χ4n) is 2.16. The summed E-state index contributed by atoms with van der Waals surface area (Å²) in [5.41, 5.74) is 2.98. The van der Waals surface area contributed by atoms with E-state index in [1.165, 1.54) is 6.08 Å². The van der Waals surface area contributed by atoms with Crippen molar-refractivity contribution in [2.24, 2.45) is 0 Å². The molecule has 0 unspecified atom stereocenters. The largest absolute Gasteiger partial charge is 0.392 e. The number of ketones is 1. The number of hydrogen-bond donors (Lipinski definition) is 2. The topological polar surface area (TPSA) is 66.8 Å². The van der Waals surface area contributed by atoms with Crippen LogP contribution in [0.5, 0.6) is 0 Å². The van der Waals surface area contributed by atoms with E-state index in [1.807, 2.05) is 30.3 Å². The van der Waals surface area contributed by atoms with Crippen LogP contribution in [0.1, 0.15) is 27.0 Å². The van der Waals surface area contributed by atoms with E-state index in [9.17, 15) is 9.90 Å². The molecule has 4 nitrogen and oxygen atoms in total. The summed E-state index contributed by atoms with van der Waals surface area (Å²) < 4.78 is 0. The first-order chi connectivity index (χ1) is 10.7. The molecule has 0 bridgehead atoms. The van der Waals surface area contributed by atoms with Gasteiger partial charge in [-0.05, 0) is 35.3 Å². The second kappa shape index (κ2) is 8.24. The van der Waals surface area contributed by atoms with E-state index in [0.717, 1.165) is 11.1 Å². The highest BCUT2D eigenvalue weighted by Gasteiger charge is 2.07. The number of hydrogen-bond acceptors (Lipinski definition) is 4. The van der Waals surface area contributed by atoms with E-state index in [2.05, 4.69) is 4.89 Å². The van der Waals surface area contributed by atoms with Crippen molar-refractivity contribution in [2.75, 3.05) is 6.61 Å². The molecule has 22 heavy (non-hydrogen) atoms. The number of aliphatic hydroxyl groups is 1. The average molecular weight is 298 g/mol. The summed E-state index contributed by atoms with van der Waals surface area (Å²) in [4.78, 5) is 16.2. The Kier molecular flexibility index (Phi) is 6.03. The summed E-state index contributed by atoms with van der Waals surface area (Å²) in [7, 11) is 0. The zero-order valence-corrected chi connectivity index (χ0v) is 12.1. The van der Waals surface area contributed by atoms with Gasteiger partial charge in [0.15, 0.2) is 5.78 Å². The van der Waals surface area contributed by atoms with Crippen molar-refractivity contribution in [3.8, 4) is 0 Å². The Morgan fingerprint density at radius 2 is 1.86 bits per heavy atom. The van der Waals surface area contributed by atoms with Crippen molar-refractivity contribution in [3.05, 3.63) is 76.9 Å². The zero-order chi connectivity index (χ0) is 15.8. The lowest BCUT2D eigenvalue weighted by atomic mass is 9.99. The van der Waals surface area contributed by atoms with Crippen LogP contribution in [-0.2, 0) is 17.9 Å². The zero-order valence-electron chi connectivity index (χ0n) is 12.1. The number of allylic oxidation sites excluding steroid dienone is 1. The predicted molar refractivity (Wildman–Crippen MR) is 84.5 cm³/mol. The van der Waals surface area contributed by atoms with Crippen LogP contribution in [0, 0.1) is 0 Å². The lowest BCUT2D eigenvalue weighted by molar-refractivity contribution is -0.241. The monoisotopic (exact) mass is 298 g/mol. The van der Waals surface area contributed by atoms with E-state index >= 15 is 0 Å². The van der Waals surface area contributed by atoms with Gasteiger partial charge >= 0.3 is 0 Å². The van der Waals surface area contributed by atoms with Gasteiger partial charge in [0.2, 0.25) is 0 Å². The van der Waals surface area contributed by atoms with E-state index < -0.39 is 0 Å². The van der Waals surface area contributed by atoms with Gasteiger partial charge in [-0.25, -0.2) is 4.89 Å². The Morgan fingerprint density at radius 1 is 1.09 bits per heavy atom. The molecule has 0 atom stereocenters. The molecule has 2 rings (SSSR count). The standard InChI is InChI=1S/C18H18O4/c19-13-17-12-16(8-7-15(17)10-11-22-21)18(20)9-6-14-4-2-1-3-5-14/h1-9,12,19,21H,10-11,13H2. The molecule has 0 aromatic heterocycles. The second-order valence-electron chi connectivity index (χ2n) is 4.83. The molecule has 0 aliphatic carbocycles. The fourth-order valence-corrected chi connectivity index (χ4v) is 2.16. The first-order valence-corrected chi connectivity index (χ1v) is 7.01. The third-order valence-electron chi connectivity index (χ3n) is 3.35. The molecule has 0 radical (unpaired) electrons. The van der Waals surface area contributed by atoms with Crippen molar-refractivity contribution >= 4 is 11.9 Å². The highest BCUT2D eigenvalue weighted by molar-refractivity contribution is 6.06. The smallest absolute Gasteiger partial charge is 0.185 e. The highest BCUT2D eigenvalue weighted by Crippen LogP contribution is 2.15. The molecule has 2 aromatic rings. The van der Waals surface area contributed by atoms with E-state index in [1.54, 1.807) is 24.3 Å². The van der Waals surface area contributed by atoms with Crippen LogP contribution in [0.2, 0.25) is 0 Å². The lowest BCUT2D eigenvalue weighted by Gasteiger charge is -2.08. The Bertz CT molecular complexity index is 647. The van der Waals surface area contributed by atoms with Crippen LogP contribution in [-0.4, -0.2) is 22.8 Å². The third-order valence-corrected chi connectivity index (χ3v) is 3.35. The van der Waals surface area contributed by atoms with E-state index in [4.69, 9.17) is 5.26 Å². The van der Waals surface area contributed by atoms with Gasteiger partial charge in [0.1, 0.15) is 0 Å². The minimum absolute atomic E-state index is 0.122. The van der Waals surface area contributed by atoms with Gasteiger partial charge in [-0.15, -0.1) is 0 Å². The molecule has 0 spiro atoms. The van der Waals surface area contributed by atoms with Gasteiger partial charge in [-0.2, -0.15) is 0 Å². The van der Waals surface area contributed by atoms with Crippen molar-refractivity contribution in [1.82, 2.24) is 0 Å². The molecular weight excluding hydrogens is 280 g/mol. The Hall–Kier alpha value is -2.27. The van der Waals surface area contributed by atoms with Gasteiger partial charge in [0.25, 0.3) is 0 Å². The molecule has 0 saturated heterocycles. The SMILES string of the molecule is O=C(C=Cc1ccccc1)c1ccc(CCOO)c(CO)c1. The van der Waals surface area contributed by atoms with Crippen LogP contribution in [0.3, 0.4) is 0 Å². The van der Waals surface area contributed by atoms with E-state index in [0.29, 0.717) is 17.5 Å². The van der Waals surface area contributed by atoms with Crippen LogP contribution in [0.15, 0.2) is 54.6 Å². The predicted octanol–water partition coefficient (Wildman–Crippen LogP) is 3.11. The van der Waals surface area contributed by atoms with Crippen LogP contribution in [0.25, 0.3) is 6.08 Å². The molecular formula is C18H18O4. The minimum Gasteiger partial charge on any atom is -0.392 e. The molecule has 0 saturated carbocycles. The highest BCUT2D eigenvalue weighted by atomic mass is 17.1. The van der Waals surface area contributed by atoms with Gasteiger partial charge in [0.05, 0.1) is 13.2 Å². The van der Waals surface area contributed by atoms with Gasteiger partial charge < -0.3 is 5.11 Å². The van der Waals surface area contributed by atoms with E-state index in [-0.39, 0.29) is 19.0 Å². The molecule has 0 heterocycles. The summed E-state index contributed by atoms with van der Waals surface area (Å²) in [5.74, 6) is -0.122. The summed E-state index contributed by atoms with van der Waals surface area (Å²) >= 11 is 0.